The second-order valence-electron chi connectivity index (χ2n) is 5.26. The third-order valence-electron chi connectivity index (χ3n) is 3.52. The summed E-state index contributed by atoms with van der Waals surface area (Å²) in [5.74, 6) is 0.394. The van der Waals surface area contributed by atoms with E-state index in [9.17, 15) is 5.11 Å². The Kier molecular flexibility index (Phi) is 4.74. The topological polar surface area (TPSA) is 38.1 Å². The van der Waals surface area contributed by atoms with Gasteiger partial charge in [-0.05, 0) is 36.3 Å². The Labute approximate surface area is 114 Å². The minimum Gasteiger partial charge on any atom is -0.393 e. The maximum Gasteiger partial charge on any atom is 0.0549 e. The number of nitrogens with zero attached hydrogens (tertiary/aromatic N) is 2. The largest absolute Gasteiger partial charge is 0.393 e. The lowest BCUT2D eigenvalue weighted by Crippen LogP contribution is -2.11. The van der Waals surface area contributed by atoms with Gasteiger partial charge in [-0.25, -0.2) is 0 Å². The summed E-state index contributed by atoms with van der Waals surface area (Å²) in [6.07, 6.45) is 6.11. The molecule has 102 valence electrons. The molecule has 1 aromatic carbocycles. The zero-order valence-electron chi connectivity index (χ0n) is 11.7. The molecular formula is C16H22N2O. The summed E-state index contributed by atoms with van der Waals surface area (Å²) >= 11 is 0. The molecule has 0 aliphatic carbocycles. The first-order valence-electron chi connectivity index (χ1n) is 6.85. The first-order chi connectivity index (χ1) is 9.15. The van der Waals surface area contributed by atoms with Crippen LogP contribution in [-0.4, -0.2) is 21.0 Å². The second-order valence-corrected chi connectivity index (χ2v) is 5.26. The fraction of sp³-hybridized carbons (Fsp3) is 0.438. The van der Waals surface area contributed by atoms with Crippen LogP contribution >= 0.6 is 0 Å². The van der Waals surface area contributed by atoms with Gasteiger partial charge >= 0.3 is 0 Å². The lowest BCUT2D eigenvalue weighted by molar-refractivity contribution is 0.147. The molecule has 0 bridgehead atoms. The van der Waals surface area contributed by atoms with Crippen molar-refractivity contribution in [2.75, 3.05) is 0 Å². The van der Waals surface area contributed by atoms with Gasteiger partial charge in [0.1, 0.15) is 0 Å². The average molecular weight is 258 g/mol. The van der Waals surface area contributed by atoms with Crippen molar-refractivity contribution in [2.24, 2.45) is 7.05 Å². The van der Waals surface area contributed by atoms with E-state index in [1.807, 2.05) is 37.6 Å². The molecule has 0 aliphatic heterocycles. The fourth-order valence-corrected chi connectivity index (χ4v) is 2.38. The molecule has 1 heterocycles. The molecule has 3 nitrogen and oxygen atoms in total. The summed E-state index contributed by atoms with van der Waals surface area (Å²) in [5.41, 5.74) is 2.48. The van der Waals surface area contributed by atoms with Crippen LogP contribution in [0.2, 0.25) is 0 Å². The number of hydrogen-bond donors (Lipinski definition) is 1. The molecule has 0 spiro atoms. The SMILES string of the molecule is CC(CC(O)CCc1cnn(C)c1)c1ccccc1. The lowest BCUT2D eigenvalue weighted by Gasteiger charge is -2.16. The molecule has 0 amide bonds. The summed E-state index contributed by atoms with van der Waals surface area (Å²) in [4.78, 5) is 0. The van der Waals surface area contributed by atoms with Crippen molar-refractivity contribution in [1.82, 2.24) is 9.78 Å². The van der Waals surface area contributed by atoms with E-state index in [0.717, 1.165) is 19.3 Å². The molecule has 3 heteroatoms. The van der Waals surface area contributed by atoms with E-state index < -0.39 is 0 Å². The van der Waals surface area contributed by atoms with Crippen molar-refractivity contribution in [3.8, 4) is 0 Å². The van der Waals surface area contributed by atoms with Crippen LogP contribution in [0.25, 0.3) is 0 Å². The van der Waals surface area contributed by atoms with Gasteiger partial charge in [-0.15, -0.1) is 0 Å². The van der Waals surface area contributed by atoms with Crippen LogP contribution in [0.1, 0.15) is 36.8 Å². The highest BCUT2D eigenvalue weighted by Crippen LogP contribution is 2.21. The highest BCUT2D eigenvalue weighted by Gasteiger charge is 2.12. The summed E-state index contributed by atoms with van der Waals surface area (Å²) in [5, 5.41) is 14.3. The Morgan fingerprint density at radius 2 is 2.00 bits per heavy atom. The van der Waals surface area contributed by atoms with Crippen LogP contribution in [0.5, 0.6) is 0 Å². The first-order valence-corrected chi connectivity index (χ1v) is 6.85. The standard InChI is InChI=1S/C16H22N2O/c1-13(15-6-4-3-5-7-15)10-16(19)9-8-14-11-17-18(2)12-14/h3-7,11-13,16,19H,8-10H2,1-2H3. The highest BCUT2D eigenvalue weighted by atomic mass is 16.3. The number of rotatable bonds is 6. The first kappa shape index (κ1) is 13.8. The molecule has 1 aromatic heterocycles. The van der Waals surface area contributed by atoms with E-state index in [1.54, 1.807) is 4.68 Å². The molecule has 2 unspecified atom stereocenters. The Morgan fingerprint density at radius 1 is 1.26 bits per heavy atom. The summed E-state index contributed by atoms with van der Waals surface area (Å²) in [6.45, 7) is 2.17. The maximum atomic E-state index is 10.1. The molecule has 0 saturated heterocycles. The molecular weight excluding hydrogens is 236 g/mol. The minimum absolute atomic E-state index is 0.254. The van der Waals surface area contributed by atoms with Crippen molar-refractivity contribution >= 4 is 0 Å². The Bertz CT molecular complexity index is 492. The predicted molar refractivity (Wildman–Crippen MR) is 77.0 cm³/mol. The molecule has 2 atom stereocenters. The quantitative estimate of drug-likeness (QED) is 0.865. The Morgan fingerprint density at radius 3 is 2.63 bits per heavy atom. The van der Waals surface area contributed by atoms with Crippen molar-refractivity contribution in [1.29, 1.82) is 0 Å². The average Bonchev–Trinajstić information content (AvgIpc) is 2.83. The number of benzene rings is 1. The van der Waals surface area contributed by atoms with E-state index in [2.05, 4.69) is 24.2 Å². The van der Waals surface area contributed by atoms with Crippen LogP contribution in [0.3, 0.4) is 0 Å². The van der Waals surface area contributed by atoms with Gasteiger partial charge in [0.2, 0.25) is 0 Å². The normalized spacial score (nSPS) is 14.3. The molecule has 0 saturated carbocycles. The Balaban J connectivity index is 1.79. The highest BCUT2D eigenvalue weighted by molar-refractivity contribution is 5.18. The summed E-state index contributed by atoms with van der Waals surface area (Å²) in [7, 11) is 1.91. The van der Waals surface area contributed by atoms with Gasteiger partial charge in [0.05, 0.1) is 12.3 Å². The molecule has 1 N–H and O–H groups in total. The van der Waals surface area contributed by atoms with E-state index in [0.29, 0.717) is 5.92 Å². The number of aryl methyl sites for hydroxylation is 2. The summed E-state index contributed by atoms with van der Waals surface area (Å²) in [6, 6.07) is 10.4. The molecule has 0 fully saturated rings. The van der Waals surface area contributed by atoms with Crippen molar-refractivity contribution in [3.63, 3.8) is 0 Å². The van der Waals surface area contributed by atoms with Gasteiger partial charge in [0, 0.05) is 13.2 Å². The monoisotopic (exact) mass is 258 g/mol. The van der Waals surface area contributed by atoms with Crippen molar-refractivity contribution in [2.45, 2.75) is 38.2 Å². The van der Waals surface area contributed by atoms with Gasteiger partial charge in [-0.1, -0.05) is 37.3 Å². The van der Waals surface area contributed by atoms with Gasteiger partial charge < -0.3 is 5.11 Å². The predicted octanol–water partition coefficient (Wildman–Crippen LogP) is 2.91. The molecule has 0 aliphatic rings. The number of aromatic nitrogens is 2. The zero-order valence-corrected chi connectivity index (χ0v) is 11.7. The number of aliphatic hydroxyl groups is 1. The molecule has 19 heavy (non-hydrogen) atoms. The van der Waals surface area contributed by atoms with E-state index in [1.165, 1.54) is 11.1 Å². The maximum absolute atomic E-state index is 10.1. The summed E-state index contributed by atoms with van der Waals surface area (Å²) < 4.78 is 1.80. The van der Waals surface area contributed by atoms with E-state index in [-0.39, 0.29) is 6.10 Å². The van der Waals surface area contributed by atoms with Gasteiger partial charge in [-0.3, -0.25) is 4.68 Å². The molecule has 0 radical (unpaired) electrons. The van der Waals surface area contributed by atoms with Gasteiger partial charge in [0.25, 0.3) is 0 Å². The van der Waals surface area contributed by atoms with E-state index in [4.69, 9.17) is 0 Å². The number of aliphatic hydroxyl groups excluding tert-OH is 1. The number of hydrogen-bond acceptors (Lipinski definition) is 2. The van der Waals surface area contributed by atoms with Crippen LogP contribution in [0.4, 0.5) is 0 Å². The van der Waals surface area contributed by atoms with Crippen LogP contribution < -0.4 is 0 Å². The van der Waals surface area contributed by atoms with Gasteiger partial charge in [-0.2, -0.15) is 5.10 Å². The lowest BCUT2D eigenvalue weighted by atomic mass is 9.93. The third kappa shape index (κ3) is 4.21. The van der Waals surface area contributed by atoms with Crippen LogP contribution in [0, 0.1) is 0 Å². The molecule has 2 rings (SSSR count). The van der Waals surface area contributed by atoms with Crippen LogP contribution in [0.15, 0.2) is 42.7 Å². The molecule has 2 aromatic rings. The second kappa shape index (κ2) is 6.53. The Hall–Kier alpha value is -1.61. The van der Waals surface area contributed by atoms with Crippen molar-refractivity contribution in [3.05, 3.63) is 53.9 Å². The zero-order chi connectivity index (χ0) is 13.7. The van der Waals surface area contributed by atoms with E-state index >= 15 is 0 Å². The smallest absolute Gasteiger partial charge is 0.0549 e. The minimum atomic E-state index is -0.254. The third-order valence-corrected chi connectivity index (χ3v) is 3.52. The van der Waals surface area contributed by atoms with Gasteiger partial charge in [0.15, 0.2) is 0 Å². The van der Waals surface area contributed by atoms with Crippen LogP contribution in [-0.2, 0) is 13.5 Å². The van der Waals surface area contributed by atoms with Crippen molar-refractivity contribution < 1.29 is 5.11 Å². The fourth-order valence-electron chi connectivity index (χ4n) is 2.38.